The van der Waals surface area contributed by atoms with E-state index in [2.05, 4.69) is 4.98 Å². The molecule has 6 heteroatoms. The summed E-state index contributed by atoms with van der Waals surface area (Å²) in [5.41, 5.74) is 1.42. The van der Waals surface area contributed by atoms with E-state index in [1.807, 2.05) is 49.1 Å². The Hall–Kier alpha value is -1.85. The molecule has 0 amide bonds. The van der Waals surface area contributed by atoms with Gasteiger partial charge in [-0.3, -0.25) is 9.69 Å². The average Bonchev–Trinajstić information content (AvgIpc) is 2.80. The van der Waals surface area contributed by atoms with Gasteiger partial charge in [-0.2, -0.15) is 0 Å². The summed E-state index contributed by atoms with van der Waals surface area (Å²) >= 11 is 6.28. The molecule has 0 aliphatic heterocycles. The van der Waals surface area contributed by atoms with Gasteiger partial charge in [-0.15, -0.1) is 0 Å². The van der Waals surface area contributed by atoms with Gasteiger partial charge in [0.25, 0.3) is 0 Å². The summed E-state index contributed by atoms with van der Waals surface area (Å²) in [5, 5.41) is 9.88. The number of hydrogen-bond donors (Lipinski definition) is 1. The Bertz CT molecular complexity index is 651. The van der Waals surface area contributed by atoms with Crippen LogP contribution < -0.4 is 0 Å². The lowest BCUT2D eigenvalue weighted by molar-refractivity contribution is -0.143. The van der Waals surface area contributed by atoms with Crippen LogP contribution in [0.1, 0.15) is 25.6 Å². The smallest absolute Gasteiger partial charge is 0.327 e. The molecule has 0 aliphatic carbocycles. The van der Waals surface area contributed by atoms with Gasteiger partial charge >= 0.3 is 5.97 Å². The summed E-state index contributed by atoms with van der Waals surface area (Å²) in [4.78, 5) is 18.0. The van der Waals surface area contributed by atoms with Crippen molar-refractivity contribution in [1.29, 1.82) is 0 Å². The zero-order valence-electron chi connectivity index (χ0n) is 13.0. The van der Waals surface area contributed by atoms with Crippen molar-refractivity contribution in [2.24, 2.45) is 7.05 Å². The standard InChI is InChI=1S/C16H20ClN3O2/c1-4-20(5-2)13(16(21)22)12-14(17)18-15(19(12)3)11-9-7-6-8-10-11/h6-10,13H,4-5H2,1-3H3,(H,21,22). The first-order valence-electron chi connectivity index (χ1n) is 7.25. The van der Waals surface area contributed by atoms with Gasteiger partial charge in [0.15, 0.2) is 11.2 Å². The van der Waals surface area contributed by atoms with E-state index in [-0.39, 0.29) is 5.15 Å². The van der Waals surface area contributed by atoms with Crippen LogP contribution in [0.15, 0.2) is 30.3 Å². The van der Waals surface area contributed by atoms with Crippen LogP contribution in [0.25, 0.3) is 11.4 Å². The molecule has 0 radical (unpaired) electrons. The number of rotatable bonds is 6. The molecule has 22 heavy (non-hydrogen) atoms. The van der Waals surface area contributed by atoms with Crippen molar-refractivity contribution in [3.8, 4) is 11.4 Å². The van der Waals surface area contributed by atoms with E-state index in [0.717, 1.165) is 5.56 Å². The highest BCUT2D eigenvalue weighted by molar-refractivity contribution is 6.30. The van der Waals surface area contributed by atoms with E-state index >= 15 is 0 Å². The maximum atomic E-state index is 11.8. The molecule has 1 aromatic heterocycles. The predicted octanol–water partition coefficient (Wildman–Crippen LogP) is 3.21. The van der Waals surface area contributed by atoms with Gasteiger partial charge < -0.3 is 9.67 Å². The molecule has 1 unspecified atom stereocenters. The number of hydrogen-bond acceptors (Lipinski definition) is 3. The van der Waals surface area contributed by atoms with Gasteiger partial charge in [-0.25, -0.2) is 4.98 Å². The number of benzene rings is 1. The molecule has 118 valence electrons. The van der Waals surface area contributed by atoms with Crippen molar-refractivity contribution in [2.45, 2.75) is 19.9 Å². The molecule has 0 fully saturated rings. The number of aliphatic carboxylic acids is 1. The van der Waals surface area contributed by atoms with Gasteiger partial charge in [-0.05, 0) is 13.1 Å². The number of imidazole rings is 1. The van der Waals surface area contributed by atoms with Gasteiger partial charge in [0.05, 0.1) is 5.69 Å². The number of aromatic nitrogens is 2. The highest BCUT2D eigenvalue weighted by atomic mass is 35.5. The fourth-order valence-electron chi connectivity index (χ4n) is 2.65. The Morgan fingerprint density at radius 1 is 1.32 bits per heavy atom. The van der Waals surface area contributed by atoms with E-state index < -0.39 is 12.0 Å². The second-order valence-electron chi connectivity index (χ2n) is 5.00. The van der Waals surface area contributed by atoms with Crippen molar-refractivity contribution in [1.82, 2.24) is 14.5 Å². The van der Waals surface area contributed by atoms with Gasteiger partial charge in [0, 0.05) is 12.6 Å². The normalized spacial score (nSPS) is 12.6. The fraction of sp³-hybridized carbons (Fsp3) is 0.375. The van der Waals surface area contributed by atoms with Crippen molar-refractivity contribution in [3.63, 3.8) is 0 Å². The molecule has 1 N–H and O–H groups in total. The molecule has 0 saturated carbocycles. The molecule has 1 aromatic carbocycles. The lowest BCUT2D eigenvalue weighted by Gasteiger charge is -2.26. The lowest BCUT2D eigenvalue weighted by Crippen LogP contribution is -2.35. The molecule has 2 rings (SSSR count). The summed E-state index contributed by atoms with van der Waals surface area (Å²) in [6.45, 7) is 5.11. The number of carboxylic acids is 1. The van der Waals surface area contributed by atoms with Crippen LogP contribution in [0.3, 0.4) is 0 Å². The summed E-state index contributed by atoms with van der Waals surface area (Å²) < 4.78 is 1.77. The van der Waals surface area contributed by atoms with Crippen molar-refractivity contribution >= 4 is 17.6 Å². The molecular formula is C16H20ClN3O2. The molecule has 5 nitrogen and oxygen atoms in total. The Labute approximate surface area is 135 Å². The van der Waals surface area contributed by atoms with Crippen LogP contribution in [-0.4, -0.2) is 38.6 Å². The van der Waals surface area contributed by atoms with E-state index in [9.17, 15) is 9.90 Å². The average molecular weight is 322 g/mol. The first-order chi connectivity index (χ1) is 10.5. The highest BCUT2D eigenvalue weighted by Crippen LogP contribution is 2.31. The summed E-state index contributed by atoms with van der Waals surface area (Å²) in [7, 11) is 1.80. The number of nitrogens with zero attached hydrogens (tertiary/aromatic N) is 3. The summed E-state index contributed by atoms with van der Waals surface area (Å²) in [6, 6.07) is 8.79. The van der Waals surface area contributed by atoms with Crippen LogP contribution in [0.5, 0.6) is 0 Å². The number of likely N-dealkylation sites (N-methyl/N-ethyl adjacent to an activating group) is 1. The monoisotopic (exact) mass is 321 g/mol. The van der Waals surface area contributed by atoms with Crippen LogP contribution in [0.2, 0.25) is 5.15 Å². The molecule has 0 saturated heterocycles. The fourth-order valence-corrected chi connectivity index (χ4v) is 2.96. The lowest BCUT2D eigenvalue weighted by atomic mass is 10.1. The highest BCUT2D eigenvalue weighted by Gasteiger charge is 2.32. The van der Waals surface area contributed by atoms with Crippen LogP contribution in [-0.2, 0) is 11.8 Å². The van der Waals surface area contributed by atoms with E-state index in [1.54, 1.807) is 11.6 Å². The first-order valence-corrected chi connectivity index (χ1v) is 7.63. The number of carboxylic acid groups (broad SMARTS) is 1. The number of halogens is 1. The molecule has 2 aromatic rings. The summed E-state index contributed by atoms with van der Waals surface area (Å²) in [5.74, 6) is -0.257. The Morgan fingerprint density at radius 2 is 1.91 bits per heavy atom. The predicted molar refractivity (Wildman–Crippen MR) is 87.0 cm³/mol. The van der Waals surface area contributed by atoms with E-state index in [0.29, 0.717) is 24.6 Å². The third-order valence-electron chi connectivity index (χ3n) is 3.80. The minimum atomic E-state index is -0.923. The second-order valence-corrected chi connectivity index (χ2v) is 5.36. The second kappa shape index (κ2) is 6.94. The third-order valence-corrected chi connectivity index (χ3v) is 4.08. The molecule has 0 bridgehead atoms. The molecular weight excluding hydrogens is 302 g/mol. The summed E-state index contributed by atoms with van der Waals surface area (Å²) in [6.07, 6.45) is 0. The van der Waals surface area contributed by atoms with Crippen molar-refractivity contribution in [3.05, 3.63) is 41.2 Å². The zero-order valence-corrected chi connectivity index (χ0v) is 13.7. The van der Waals surface area contributed by atoms with Gasteiger partial charge in [0.2, 0.25) is 0 Å². The minimum Gasteiger partial charge on any atom is -0.480 e. The first kappa shape index (κ1) is 16.5. The topological polar surface area (TPSA) is 58.4 Å². The van der Waals surface area contributed by atoms with Gasteiger partial charge in [0.1, 0.15) is 5.82 Å². The van der Waals surface area contributed by atoms with Gasteiger partial charge in [-0.1, -0.05) is 55.8 Å². The molecule has 0 aliphatic rings. The van der Waals surface area contributed by atoms with Crippen LogP contribution in [0.4, 0.5) is 0 Å². The zero-order chi connectivity index (χ0) is 16.3. The Morgan fingerprint density at radius 3 is 2.41 bits per heavy atom. The maximum Gasteiger partial charge on any atom is 0.327 e. The van der Waals surface area contributed by atoms with Crippen LogP contribution >= 0.6 is 11.6 Å². The number of carbonyl (C=O) groups is 1. The van der Waals surface area contributed by atoms with Crippen molar-refractivity contribution in [2.75, 3.05) is 13.1 Å². The molecule has 0 spiro atoms. The SMILES string of the molecule is CCN(CC)C(C(=O)O)c1c(Cl)nc(-c2ccccc2)n1C. The Balaban J connectivity index is 2.56. The van der Waals surface area contributed by atoms with Crippen molar-refractivity contribution < 1.29 is 9.90 Å². The largest absolute Gasteiger partial charge is 0.480 e. The third kappa shape index (κ3) is 3.00. The minimum absolute atomic E-state index is 0.237. The molecule has 1 heterocycles. The van der Waals surface area contributed by atoms with E-state index in [1.165, 1.54) is 0 Å². The quantitative estimate of drug-likeness (QED) is 0.887. The van der Waals surface area contributed by atoms with E-state index in [4.69, 9.17) is 11.6 Å². The Kier molecular flexibility index (Phi) is 5.21. The van der Waals surface area contributed by atoms with Crippen LogP contribution in [0, 0.1) is 0 Å². The molecule has 1 atom stereocenters. The maximum absolute atomic E-state index is 11.8.